The largest absolute Gasteiger partial charge is 0.479 e. The summed E-state index contributed by atoms with van der Waals surface area (Å²) in [7, 11) is 0. The molecule has 178 valence electrons. The summed E-state index contributed by atoms with van der Waals surface area (Å²) in [6, 6.07) is 23.6. The number of rotatable bonds is 9. The first kappa shape index (κ1) is 24.2. The Morgan fingerprint density at radius 1 is 0.971 bits per heavy atom. The zero-order chi connectivity index (χ0) is 24.9. The molecule has 0 radical (unpaired) electrons. The van der Waals surface area contributed by atoms with Gasteiger partial charge in [-0.1, -0.05) is 84.4 Å². The van der Waals surface area contributed by atoms with E-state index in [0.717, 1.165) is 38.9 Å². The van der Waals surface area contributed by atoms with Crippen molar-refractivity contribution in [3.63, 3.8) is 0 Å². The third-order valence-corrected chi connectivity index (χ3v) is 6.20. The number of carbonyl (C=O) groups excluding carboxylic acids is 1. The maximum absolute atomic E-state index is 13.4. The summed E-state index contributed by atoms with van der Waals surface area (Å²) in [5.41, 5.74) is 6.50. The number of ether oxygens (including phenoxy) is 1. The molecule has 0 fully saturated rings. The third-order valence-electron chi connectivity index (χ3n) is 6.20. The van der Waals surface area contributed by atoms with Crippen LogP contribution in [0.4, 0.5) is 0 Å². The fourth-order valence-electron chi connectivity index (χ4n) is 4.11. The van der Waals surface area contributed by atoms with Gasteiger partial charge in [0.2, 0.25) is 0 Å². The maximum atomic E-state index is 13.4. The summed E-state index contributed by atoms with van der Waals surface area (Å²) >= 11 is 0. The molecule has 4 aromatic rings. The number of aliphatic carboxylic acids is 1. The smallest absolute Gasteiger partial charge is 0.332 e. The minimum Gasteiger partial charge on any atom is -0.479 e. The Bertz CT molecular complexity index is 1380. The number of aryl methyl sites for hydroxylation is 1. The number of hydrogen-bond donors (Lipinski definition) is 1. The normalized spacial score (nSPS) is 12.3. The zero-order valence-corrected chi connectivity index (χ0v) is 20.2. The van der Waals surface area contributed by atoms with Crippen molar-refractivity contribution in [1.82, 2.24) is 4.57 Å². The zero-order valence-electron chi connectivity index (χ0n) is 20.2. The maximum Gasteiger partial charge on any atom is 0.332 e. The summed E-state index contributed by atoms with van der Waals surface area (Å²) < 4.78 is 7.50. The van der Waals surface area contributed by atoms with Crippen molar-refractivity contribution in [3.05, 3.63) is 112 Å². The molecular formula is C30H29NO4. The Morgan fingerprint density at radius 3 is 2.34 bits per heavy atom. The summed E-state index contributed by atoms with van der Waals surface area (Å²) in [6.07, 6.45) is 3.29. The highest BCUT2D eigenvalue weighted by atomic mass is 16.5. The molecule has 0 aliphatic heterocycles. The van der Waals surface area contributed by atoms with Crippen LogP contribution >= 0.6 is 0 Å². The summed E-state index contributed by atoms with van der Waals surface area (Å²) in [6.45, 7) is 6.42. The number of carboxylic acids is 1. The number of ketones is 1. The molecule has 3 aromatic carbocycles. The summed E-state index contributed by atoms with van der Waals surface area (Å²) in [5.74, 6) is -0.933. The van der Waals surface area contributed by atoms with Crippen LogP contribution in [0.5, 0.6) is 0 Å². The lowest BCUT2D eigenvalue weighted by Crippen LogP contribution is -2.19. The van der Waals surface area contributed by atoms with Gasteiger partial charge >= 0.3 is 5.97 Å². The Labute approximate surface area is 205 Å². The Hall–Kier alpha value is -3.96. The van der Waals surface area contributed by atoms with Gasteiger partial charge in [0.25, 0.3) is 0 Å². The molecule has 0 saturated heterocycles. The van der Waals surface area contributed by atoms with Gasteiger partial charge in [-0.05, 0) is 38.0 Å². The molecule has 5 heteroatoms. The van der Waals surface area contributed by atoms with Gasteiger partial charge in [0, 0.05) is 28.7 Å². The van der Waals surface area contributed by atoms with Crippen LogP contribution in [0.15, 0.2) is 78.9 Å². The van der Waals surface area contributed by atoms with Crippen molar-refractivity contribution in [3.8, 4) is 0 Å². The molecule has 0 bridgehead atoms. The Kier molecular flexibility index (Phi) is 7.28. The average Bonchev–Trinajstić information content (AvgIpc) is 3.14. The summed E-state index contributed by atoms with van der Waals surface area (Å²) in [4.78, 5) is 24.3. The number of fused-ring (bicyclic) bond motifs is 1. The molecule has 0 aliphatic rings. The van der Waals surface area contributed by atoms with Crippen molar-refractivity contribution >= 4 is 28.7 Å². The molecule has 4 rings (SSSR count). The number of nitrogens with zero attached hydrogens (tertiary/aromatic N) is 1. The lowest BCUT2D eigenvalue weighted by molar-refractivity contribution is -0.149. The van der Waals surface area contributed by atoms with E-state index < -0.39 is 12.1 Å². The fraction of sp³-hybridized carbons (Fsp3) is 0.200. The van der Waals surface area contributed by atoms with Gasteiger partial charge in [-0.15, -0.1) is 0 Å². The monoisotopic (exact) mass is 467 g/mol. The van der Waals surface area contributed by atoms with E-state index in [1.807, 2.05) is 86.7 Å². The standard InChI is InChI=1S/C30H29NO4/c1-20-10-16-25(17-11-20)29(32)28-21(2)31(27-9-5-4-8-26(27)28)18-6-7-23-12-14-24(15-13-23)19-35-22(3)30(33)34/h4-17,22H,18-19H2,1-3H3,(H,33,34)/b7-6+/t22-/m1/s1. The second-order valence-corrected chi connectivity index (χ2v) is 8.72. The lowest BCUT2D eigenvalue weighted by atomic mass is 10.00. The van der Waals surface area contributed by atoms with Gasteiger partial charge in [-0.25, -0.2) is 4.79 Å². The summed E-state index contributed by atoms with van der Waals surface area (Å²) in [5, 5.41) is 9.89. The van der Waals surface area contributed by atoms with Gasteiger partial charge in [0.1, 0.15) is 0 Å². The van der Waals surface area contributed by atoms with Crippen LogP contribution in [0.25, 0.3) is 17.0 Å². The van der Waals surface area contributed by atoms with Crippen LogP contribution in [-0.4, -0.2) is 27.5 Å². The number of aromatic nitrogens is 1. The predicted molar refractivity (Wildman–Crippen MR) is 139 cm³/mol. The molecule has 5 nitrogen and oxygen atoms in total. The van der Waals surface area contributed by atoms with E-state index in [-0.39, 0.29) is 12.4 Å². The lowest BCUT2D eigenvalue weighted by Gasteiger charge is -2.08. The van der Waals surface area contributed by atoms with Gasteiger partial charge in [0.15, 0.2) is 11.9 Å². The van der Waals surface area contributed by atoms with Gasteiger partial charge in [0.05, 0.1) is 12.2 Å². The van der Waals surface area contributed by atoms with E-state index in [2.05, 4.69) is 16.7 Å². The van der Waals surface area contributed by atoms with E-state index in [1.165, 1.54) is 6.92 Å². The number of para-hydroxylation sites is 1. The molecule has 0 spiro atoms. The number of allylic oxidation sites excluding steroid dienone is 1. The molecule has 35 heavy (non-hydrogen) atoms. The molecule has 1 heterocycles. The van der Waals surface area contributed by atoms with Crippen LogP contribution in [0.1, 0.15) is 45.2 Å². The van der Waals surface area contributed by atoms with E-state index in [9.17, 15) is 9.59 Å². The predicted octanol–water partition coefficient (Wildman–Crippen LogP) is 6.19. The highest BCUT2D eigenvalue weighted by molar-refractivity contribution is 6.17. The first-order chi connectivity index (χ1) is 16.8. The first-order valence-corrected chi connectivity index (χ1v) is 11.6. The minimum atomic E-state index is -0.971. The van der Waals surface area contributed by atoms with Gasteiger partial charge < -0.3 is 14.4 Å². The fourth-order valence-corrected chi connectivity index (χ4v) is 4.11. The van der Waals surface area contributed by atoms with Crippen LogP contribution < -0.4 is 0 Å². The Balaban J connectivity index is 1.53. The van der Waals surface area contributed by atoms with E-state index in [0.29, 0.717) is 12.1 Å². The van der Waals surface area contributed by atoms with Crippen molar-refractivity contribution in [1.29, 1.82) is 0 Å². The molecule has 0 aliphatic carbocycles. The number of carboxylic acid groups (broad SMARTS) is 1. The van der Waals surface area contributed by atoms with Crippen LogP contribution in [0.3, 0.4) is 0 Å². The quantitative estimate of drug-likeness (QED) is 0.298. The molecule has 1 atom stereocenters. The Morgan fingerprint density at radius 2 is 1.66 bits per heavy atom. The highest BCUT2D eigenvalue weighted by Gasteiger charge is 2.20. The van der Waals surface area contributed by atoms with Crippen LogP contribution in [-0.2, 0) is 22.7 Å². The van der Waals surface area contributed by atoms with E-state index in [1.54, 1.807) is 0 Å². The van der Waals surface area contributed by atoms with Gasteiger partial charge in [-0.3, -0.25) is 4.79 Å². The van der Waals surface area contributed by atoms with E-state index in [4.69, 9.17) is 9.84 Å². The molecule has 0 amide bonds. The SMILES string of the molecule is Cc1ccc(C(=O)c2c(C)n(C/C=C/c3ccc(CO[C@H](C)C(=O)O)cc3)c3ccccc23)cc1. The first-order valence-electron chi connectivity index (χ1n) is 11.6. The second-order valence-electron chi connectivity index (χ2n) is 8.72. The van der Waals surface area contributed by atoms with Crippen molar-refractivity contribution < 1.29 is 19.4 Å². The average molecular weight is 468 g/mol. The van der Waals surface area contributed by atoms with Crippen molar-refractivity contribution in [2.75, 3.05) is 0 Å². The van der Waals surface area contributed by atoms with Crippen LogP contribution in [0.2, 0.25) is 0 Å². The molecular weight excluding hydrogens is 438 g/mol. The van der Waals surface area contributed by atoms with E-state index >= 15 is 0 Å². The molecule has 1 aromatic heterocycles. The second kappa shape index (κ2) is 10.5. The van der Waals surface area contributed by atoms with Crippen LogP contribution in [0, 0.1) is 13.8 Å². The number of hydrogen-bond acceptors (Lipinski definition) is 3. The third kappa shape index (κ3) is 5.42. The number of carbonyl (C=O) groups is 2. The molecule has 1 N–H and O–H groups in total. The topological polar surface area (TPSA) is 68.5 Å². The highest BCUT2D eigenvalue weighted by Crippen LogP contribution is 2.28. The van der Waals surface area contributed by atoms with Gasteiger partial charge in [-0.2, -0.15) is 0 Å². The number of benzene rings is 3. The van der Waals surface area contributed by atoms with Crippen molar-refractivity contribution in [2.45, 2.75) is 40.0 Å². The van der Waals surface area contributed by atoms with Crippen molar-refractivity contribution in [2.24, 2.45) is 0 Å². The molecule has 0 saturated carbocycles. The minimum absolute atomic E-state index is 0.0384. The molecule has 0 unspecified atom stereocenters.